The van der Waals surface area contributed by atoms with Gasteiger partial charge in [-0.3, -0.25) is 4.79 Å². The second-order valence-corrected chi connectivity index (χ2v) is 8.03. The van der Waals surface area contributed by atoms with Gasteiger partial charge in [0.15, 0.2) is 0 Å². The first kappa shape index (κ1) is 17.8. The van der Waals surface area contributed by atoms with E-state index in [0.29, 0.717) is 5.92 Å². The van der Waals surface area contributed by atoms with Crippen LogP contribution in [0.4, 0.5) is 0 Å². The highest BCUT2D eigenvalue weighted by molar-refractivity contribution is 7.14. The van der Waals surface area contributed by atoms with E-state index >= 15 is 0 Å². The molecule has 1 aliphatic heterocycles. The summed E-state index contributed by atoms with van der Waals surface area (Å²) >= 11 is 1.73. The molecule has 1 saturated heterocycles. The molecule has 0 radical (unpaired) electrons. The van der Waals surface area contributed by atoms with E-state index in [1.165, 1.54) is 16.9 Å². The number of piperidine rings is 1. The third-order valence-corrected chi connectivity index (χ3v) is 6.34. The van der Waals surface area contributed by atoms with Gasteiger partial charge in [0.2, 0.25) is 0 Å². The highest BCUT2D eigenvalue weighted by Crippen LogP contribution is 2.33. The summed E-state index contributed by atoms with van der Waals surface area (Å²) < 4.78 is 0. The van der Waals surface area contributed by atoms with Crippen LogP contribution in [0.3, 0.4) is 0 Å². The number of nitrogens with two attached hydrogens (primary N) is 1. The van der Waals surface area contributed by atoms with Gasteiger partial charge in [-0.25, -0.2) is 0 Å². The molecule has 2 atom stereocenters. The summed E-state index contributed by atoms with van der Waals surface area (Å²) in [6.07, 6.45) is 5.66. The Morgan fingerprint density at radius 2 is 2.05 bits per heavy atom. The van der Waals surface area contributed by atoms with Crippen LogP contribution >= 0.6 is 23.7 Å². The number of likely N-dealkylation sites (tertiary alicyclic amines) is 1. The van der Waals surface area contributed by atoms with Crippen LogP contribution in [0.2, 0.25) is 0 Å². The van der Waals surface area contributed by atoms with Crippen LogP contribution in [0.15, 0.2) is 6.07 Å². The van der Waals surface area contributed by atoms with Crippen molar-refractivity contribution in [3.05, 3.63) is 21.4 Å². The first-order chi connectivity index (χ1) is 10.0. The molecule has 2 aliphatic rings. The topological polar surface area (TPSA) is 46.3 Å². The van der Waals surface area contributed by atoms with Gasteiger partial charge >= 0.3 is 0 Å². The lowest BCUT2D eigenvalue weighted by Gasteiger charge is -2.33. The fourth-order valence-corrected chi connectivity index (χ4v) is 4.77. The zero-order chi connectivity index (χ0) is 15.0. The van der Waals surface area contributed by atoms with Gasteiger partial charge in [0, 0.05) is 24.0 Å². The van der Waals surface area contributed by atoms with Crippen LogP contribution in [-0.2, 0) is 12.8 Å². The largest absolute Gasteiger partial charge is 0.338 e. The quantitative estimate of drug-likeness (QED) is 0.894. The van der Waals surface area contributed by atoms with Crippen LogP contribution in [0, 0.1) is 11.8 Å². The minimum absolute atomic E-state index is 0. The molecule has 3 nitrogen and oxygen atoms in total. The first-order valence-corrected chi connectivity index (χ1v) is 9.02. The normalized spacial score (nSPS) is 23.6. The molecule has 2 unspecified atom stereocenters. The van der Waals surface area contributed by atoms with E-state index in [9.17, 15) is 4.79 Å². The van der Waals surface area contributed by atoms with Gasteiger partial charge in [-0.1, -0.05) is 6.92 Å². The van der Waals surface area contributed by atoms with Crippen molar-refractivity contribution < 1.29 is 4.79 Å². The second kappa shape index (κ2) is 7.33. The van der Waals surface area contributed by atoms with Gasteiger partial charge in [-0.2, -0.15) is 0 Å². The predicted octanol–water partition coefficient (Wildman–Crippen LogP) is 3.49. The van der Waals surface area contributed by atoms with E-state index in [-0.39, 0.29) is 24.4 Å². The van der Waals surface area contributed by atoms with Gasteiger partial charge in [-0.05, 0) is 62.5 Å². The summed E-state index contributed by atoms with van der Waals surface area (Å²) in [5.41, 5.74) is 7.40. The number of halogens is 1. The molecule has 2 heterocycles. The molecule has 5 heteroatoms. The van der Waals surface area contributed by atoms with E-state index in [1.54, 1.807) is 11.3 Å². The molecular weight excluding hydrogens is 316 g/mol. The minimum Gasteiger partial charge on any atom is -0.338 e. The SMILES string of the molecule is CC1CCc2sc(C(=O)N3CCC(C(C)N)CC3)cc2C1.Cl. The maximum atomic E-state index is 12.7. The molecule has 2 N–H and O–H groups in total. The Morgan fingerprint density at radius 3 is 2.68 bits per heavy atom. The fraction of sp³-hybridized carbons (Fsp3) is 0.706. The molecule has 0 bridgehead atoms. The molecule has 0 saturated carbocycles. The Labute approximate surface area is 143 Å². The summed E-state index contributed by atoms with van der Waals surface area (Å²) in [5, 5.41) is 0. The third-order valence-electron chi connectivity index (χ3n) is 5.11. The molecule has 124 valence electrons. The van der Waals surface area contributed by atoms with E-state index in [2.05, 4.69) is 19.9 Å². The minimum atomic E-state index is 0. The molecule has 3 rings (SSSR count). The molecule has 0 aromatic carbocycles. The van der Waals surface area contributed by atoms with Gasteiger partial charge < -0.3 is 10.6 Å². The molecule has 1 aliphatic carbocycles. The number of carbonyl (C=O) groups is 1. The maximum absolute atomic E-state index is 12.7. The maximum Gasteiger partial charge on any atom is 0.263 e. The Bertz CT molecular complexity index is 521. The molecule has 22 heavy (non-hydrogen) atoms. The number of thiophene rings is 1. The molecular formula is C17H27ClN2OS. The summed E-state index contributed by atoms with van der Waals surface area (Å²) in [7, 11) is 0. The number of fused-ring (bicyclic) bond motifs is 1. The number of hydrogen-bond acceptors (Lipinski definition) is 3. The van der Waals surface area contributed by atoms with Crippen molar-refractivity contribution in [2.45, 2.75) is 52.0 Å². The lowest BCUT2D eigenvalue weighted by Crippen LogP contribution is -2.42. The predicted molar refractivity (Wildman–Crippen MR) is 95.0 cm³/mol. The lowest BCUT2D eigenvalue weighted by atomic mass is 9.90. The Morgan fingerprint density at radius 1 is 1.36 bits per heavy atom. The van der Waals surface area contributed by atoms with Gasteiger partial charge in [0.25, 0.3) is 5.91 Å². The first-order valence-electron chi connectivity index (χ1n) is 8.21. The Kier molecular flexibility index (Phi) is 5.92. The average molecular weight is 343 g/mol. The van der Waals surface area contributed by atoms with Crippen LogP contribution in [0.1, 0.15) is 53.2 Å². The van der Waals surface area contributed by atoms with Gasteiger partial charge in [-0.15, -0.1) is 23.7 Å². The van der Waals surface area contributed by atoms with E-state index in [1.807, 2.05) is 4.90 Å². The van der Waals surface area contributed by atoms with Crippen LogP contribution in [0.5, 0.6) is 0 Å². The van der Waals surface area contributed by atoms with E-state index in [4.69, 9.17) is 5.73 Å². The summed E-state index contributed by atoms with van der Waals surface area (Å²) in [6, 6.07) is 2.41. The van der Waals surface area contributed by atoms with Gasteiger partial charge in [0.05, 0.1) is 4.88 Å². The van der Waals surface area contributed by atoms with E-state index in [0.717, 1.165) is 49.6 Å². The zero-order valence-corrected chi connectivity index (χ0v) is 15.1. The Hall–Kier alpha value is -0.580. The third kappa shape index (κ3) is 3.66. The number of aryl methyl sites for hydroxylation is 1. The molecule has 1 aromatic rings. The van der Waals surface area contributed by atoms with Gasteiger partial charge in [0.1, 0.15) is 0 Å². The number of nitrogens with zero attached hydrogens (tertiary/aromatic N) is 1. The molecule has 1 fully saturated rings. The summed E-state index contributed by atoms with van der Waals surface area (Å²) in [6.45, 7) is 6.12. The zero-order valence-electron chi connectivity index (χ0n) is 13.5. The van der Waals surface area contributed by atoms with Crippen LogP contribution in [-0.4, -0.2) is 29.9 Å². The van der Waals surface area contributed by atoms with Crippen molar-refractivity contribution in [2.24, 2.45) is 17.6 Å². The number of carbonyl (C=O) groups excluding carboxylic acids is 1. The van der Waals surface area contributed by atoms with Crippen molar-refractivity contribution in [1.29, 1.82) is 0 Å². The number of hydrogen-bond donors (Lipinski definition) is 1. The second-order valence-electron chi connectivity index (χ2n) is 6.90. The smallest absolute Gasteiger partial charge is 0.263 e. The molecule has 1 aromatic heterocycles. The summed E-state index contributed by atoms with van der Waals surface area (Å²) in [4.78, 5) is 17.1. The molecule has 0 spiro atoms. The highest BCUT2D eigenvalue weighted by atomic mass is 35.5. The highest BCUT2D eigenvalue weighted by Gasteiger charge is 2.27. The van der Waals surface area contributed by atoms with Crippen LogP contribution < -0.4 is 5.73 Å². The number of amides is 1. The average Bonchev–Trinajstić information content (AvgIpc) is 2.89. The van der Waals surface area contributed by atoms with Crippen molar-refractivity contribution in [3.63, 3.8) is 0 Å². The molecule has 1 amide bonds. The van der Waals surface area contributed by atoms with E-state index < -0.39 is 0 Å². The lowest BCUT2D eigenvalue weighted by molar-refractivity contribution is 0.0686. The monoisotopic (exact) mass is 342 g/mol. The Balaban J connectivity index is 0.00000176. The summed E-state index contributed by atoms with van der Waals surface area (Å²) in [5.74, 6) is 1.58. The van der Waals surface area contributed by atoms with Crippen LogP contribution in [0.25, 0.3) is 0 Å². The fourth-order valence-electron chi connectivity index (χ4n) is 3.60. The van der Waals surface area contributed by atoms with Crippen molar-refractivity contribution in [2.75, 3.05) is 13.1 Å². The van der Waals surface area contributed by atoms with Crippen molar-refractivity contribution >= 4 is 29.7 Å². The standard InChI is InChI=1S/C17H26N2OS.ClH/c1-11-3-4-15-14(9-11)10-16(21-15)17(20)19-7-5-13(6-8-19)12(2)18;/h10-13H,3-9,18H2,1-2H3;1H. The number of rotatable bonds is 2. The van der Waals surface area contributed by atoms with Crippen molar-refractivity contribution in [1.82, 2.24) is 4.90 Å². The van der Waals surface area contributed by atoms with Crippen molar-refractivity contribution in [3.8, 4) is 0 Å².